The van der Waals surface area contributed by atoms with Crippen LogP contribution in [0.2, 0.25) is 0 Å². The number of carbonyl (C=O) groups is 6. The van der Waals surface area contributed by atoms with Gasteiger partial charge in [-0.2, -0.15) is 0 Å². The van der Waals surface area contributed by atoms with Crippen LogP contribution in [-0.2, 0) is 47.6 Å². The second kappa shape index (κ2) is 17.4. The SMILES string of the molecule is CC(=O)O[C@@]12CO[C@@H]1C[C@H](O)C1(C)C(=O)[C@H](OC(=O)C3CCCC3)C3=C(C)[C@@H](OC(=O)[C@H](O)[C@@H](NC(=O)OC(C)C)c4cccs4)CC(O)(C(OC(=O)c4ccccc4)C12)C3(C)C. The number of ketones is 1. The Bertz CT molecular complexity index is 2130. The minimum absolute atomic E-state index is 0.0366. The third-order valence-corrected chi connectivity index (χ3v) is 15.1. The Morgan fingerprint density at radius 2 is 1.65 bits per heavy atom. The van der Waals surface area contributed by atoms with Crippen LogP contribution in [0, 0.1) is 22.7 Å². The number of benzene rings is 1. The second-order valence-corrected chi connectivity index (χ2v) is 19.5. The number of fused-ring (bicyclic) bond motifs is 5. The number of hydrogen-bond donors (Lipinski definition) is 4. The molecule has 0 radical (unpaired) electrons. The topological polar surface area (TPSA) is 231 Å². The van der Waals surface area contributed by atoms with E-state index in [1.165, 1.54) is 26.0 Å². The minimum atomic E-state index is -2.39. The number of alkyl carbamates (subject to hydrolysis) is 1. The van der Waals surface area contributed by atoms with Gasteiger partial charge in [0.1, 0.15) is 30.0 Å². The maximum Gasteiger partial charge on any atom is 0.408 e. The van der Waals surface area contributed by atoms with E-state index in [0.717, 1.165) is 24.2 Å². The van der Waals surface area contributed by atoms with E-state index in [2.05, 4.69) is 5.32 Å². The first-order valence-electron chi connectivity index (χ1n) is 21.5. The zero-order chi connectivity index (χ0) is 45.8. The van der Waals surface area contributed by atoms with Crippen LogP contribution in [-0.4, -0.2) is 112 Å². The van der Waals surface area contributed by atoms with Gasteiger partial charge in [0.2, 0.25) is 0 Å². The Kier molecular flexibility index (Phi) is 12.8. The number of rotatable bonds is 11. The Morgan fingerprint density at radius 1 is 0.968 bits per heavy atom. The molecule has 4 aliphatic carbocycles. The molecule has 1 amide bonds. The second-order valence-electron chi connectivity index (χ2n) is 18.5. The van der Waals surface area contributed by atoms with Crippen LogP contribution in [0.4, 0.5) is 4.79 Å². The standard InChI is InChI=1S/C46H57NO15S/c1-23(2)58-42(55)47-33(29-18-13-19-63-29)34(50)41(54)59-28-21-46(56)38(61-40(53)27-14-9-8-10-15-27)36-44(7,30(49)20-31-45(36,22-57-31)62-25(4)48)37(51)35(32(24(28)3)43(46,5)6)60-39(52)26-16-11-12-17-26/h8-10,13-15,18-19,23,26,28,30-31,33-36,38,49-50,56H,11-12,16-17,20-22H2,1-7H3,(H,47,55)/t28-,30-,31+,33-,34+,35+,36?,38?,44?,45-,46?/m0/s1. The fourth-order valence-electron chi connectivity index (χ4n) is 10.7. The monoisotopic (exact) mass is 895 g/mol. The van der Waals surface area contributed by atoms with Crippen molar-refractivity contribution >= 4 is 47.1 Å². The Labute approximate surface area is 369 Å². The number of carbonyl (C=O) groups excluding carboxylic acids is 6. The number of aliphatic hydroxyl groups excluding tert-OH is 2. The van der Waals surface area contributed by atoms with Crippen molar-refractivity contribution in [3.63, 3.8) is 0 Å². The van der Waals surface area contributed by atoms with E-state index in [-0.39, 0.29) is 29.7 Å². The van der Waals surface area contributed by atoms with Gasteiger partial charge in [-0.25, -0.2) is 14.4 Å². The first kappa shape index (κ1) is 46.3. The largest absolute Gasteiger partial charge is 0.456 e. The molecule has 5 aliphatic rings. The molecule has 16 nitrogen and oxygen atoms in total. The van der Waals surface area contributed by atoms with Crippen molar-refractivity contribution in [2.24, 2.45) is 22.7 Å². The molecule has 2 aromatic rings. The van der Waals surface area contributed by atoms with E-state index in [4.69, 9.17) is 28.4 Å². The number of hydrogen-bond acceptors (Lipinski definition) is 16. The summed E-state index contributed by atoms with van der Waals surface area (Å²) in [7, 11) is 0. The summed E-state index contributed by atoms with van der Waals surface area (Å²) >= 11 is 1.15. The van der Waals surface area contributed by atoms with E-state index < -0.39 is 125 Å². The van der Waals surface area contributed by atoms with Crippen LogP contribution in [0.5, 0.6) is 0 Å². The van der Waals surface area contributed by atoms with Crippen LogP contribution in [0.3, 0.4) is 0 Å². The van der Waals surface area contributed by atoms with Gasteiger partial charge < -0.3 is 49.1 Å². The molecular weight excluding hydrogens is 839 g/mol. The van der Waals surface area contributed by atoms with Crippen molar-refractivity contribution in [2.45, 2.75) is 147 Å². The van der Waals surface area contributed by atoms with E-state index in [0.29, 0.717) is 17.7 Å². The number of thiophene rings is 1. The lowest BCUT2D eigenvalue weighted by atomic mass is 9.44. The Hall–Kier alpha value is -4.68. The first-order chi connectivity index (χ1) is 29.7. The van der Waals surface area contributed by atoms with Crippen molar-refractivity contribution < 1.29 is 72.5 Å². The van der Waals surface area contributed by atoms with E-state index in [1.54, 1.807) is 70.3 Å². The van der Waals surface area contributed by atoms with Crippen molar-refractivity contribution in [2.75, 3.05) is 6.61 Å². The summed E-state index contributed by atoms with van der Waals surface area (Å²) in [4.78, 5) is 84.8. The molecule has 1 aliphatic heterocycles. The smallest absolute Gasteiger partial charge is 0.408 e. The van der Waals surface area contributed by atoms with Gasteiger partial charge in [-0.3, -0.25) is 14.4 Å². The normalized spacial score (nSPS) is 33.3. The molecule has 7 rings (SSSR count). The lowest BCUT2D eigenvalue weighted by molar-refractivity contribution is -0.346. The van der Waals surface area contributed by atoms with Gasteiger partial charge in [0.15, 0.2) is 23.6 Å². The lowest BCUT2D eigenvalue weighted by Crippen LogP contribution is -2.82. The Morgan fingerprint density at radius 3 is 2.24 bits per heavy atom. The van der Waals surface area contributed by atoms with Gasteiger partial charge in [0.25, 0.3) is 0 Å². The number of nitrogens with one attached hydrogen (secondary N) is 1. The quantitative estimate of drug-likeness (QED) is 0.136. The van der Waals surface area contributed by atoms with Crippen LogP contribution in [0.25, 0.3) is 0 Å². The summed E-state index contributed by atoms with van der Waals surface area (Å²) in [6.45, 7) is 10.3. The summed E-state index contributed by atoms with van der Waals surface area (Å²) in [5, 5.41) is 41.9. The number of ether oxygens (including phenoxy) is 6. The third-order valence-electron chi connectivity index (χ3n) is 14.1. The highest BCUT2D eigenvalue weighted by atomic mass is 32.1. The van der Waals surface area contributed by atoms with Crippen LogP contribution >= 0.6 is 11.3 Å². The van der Waals surface area contributed by atoms with Crippen molar-refractivity contribution in [1.29, 1.82) is 0 Å². The third kappa shape index (κ3) is 7.97. The predicted molar refractivity (Wildman–Crippen MR) is 223 cm³/mol. The highest BCUT2D eigenvalue weighted by molar-refractivity contribution is 7.10. The predicted octanol–water partition coefficient (Wildman–Crippen LogP) is 4.67. The number of aliphatic hydroxyl groups is 3. The summed E-state index contributed by atoms with van der Waals surface area (Å²) in [5.74, 6) is -6.50. The molecule has 1 aromatic carbocycles. The summed E-state index contributed by atoms with van der Waals surface area (Å²) < 4.78 is 36.1. The maximum atomic E-state index is 15.8. The fraction of sp³-hybridized carbons (Fsp3) is 0.609. The molecule has 1 aromatic heterocycles. The molecule has 342 valence electrons. The lowest BCUT2D eigenvalue weighted by Gasteiger charge is -2.67. The van der Waals surface area contributed by atoms with E-state index in [9.17, 15) is 39.3 Å². The van der Waals surface area contributed by atoms with Crippen LogP contribution in [0.15, 0.2) is 59.0 Å². The number of esters is 4. The molecule has 1 saturated heterocycles. The number of amides is 1. The molecule has 17 heteroatoms. The van der Waals surface area contributed by atoms with Crippen molar-refractivity contribution in [1.82, 2.24) is 5.32 Å². The zero-order valence-electron chi connectivity index (χ0n) is 36.5. The Balaban J connectivity index is 1.41. The summed E-state index contributed by atoms with van der Waals surface area (Å²) in [6.07, 6.45) is -9.30. The molecule has 4 unspecified atom stereocenters. The fourth-order valence-corrected chi connectivity index (χ4v) is 11.5. The minimum Gasteiger partial charge on any atom is -0.456 e. The molecule has 11 atom stereocenters. The van der Waals surface area contributed by atoms with Crippen LogP contribution in [0.1, 0.15) is 108 Å². The molecule has 2 heterocycles. The van der Waals surface area contributed by atoms with Gasteiger partial charge in [0.05, 0.1) is 41.6 Å². The molecular formula is C46H57NO15S. The maximum absolute atomic E-state index is 15.8. The molecule has 0 spiro atoms. The molecule has 3 saturated carbocycles. The van der Waals surface area contributed by atoms with Gasteiger partial charge >= 0.3 is 30.0 Å². The highest BCUT2D eigenvalue weighted by Gasteiger charge is 2.78. The van der Waals surface area contributed by atoms with Gasteiger partial charge in [-0.05, 0) is 75.3 Å². The van der Waals surface area contributed by atoms with Crippen LogP contribution < -0.4 is 5.32 Å². The van der Waals surface area contributed by atoms with Gasteiger partial charge in [-0.1, -0.05) is 51.0 Å². The van der Waals surface area contributed by atoms with E-state index >= 15 is 4.79 Å². The molecule has 2 bridgehead atoms. The highest BCUT2D eigenvalue weighted by Crippen LogP contribution is 2.64. The molecule has 4 N–H and O–H groups in total. The zero-order valence-corrected chi connectivity index (χ0v) is 37.3. The van der Waals surface area contributed by atoms with Crippen molar-refractivity contribution in [3.05, 3.63) is 69.4 Å². The summed E-state index contributed by atoms with van der Waals surface area (Å²) in [5.41, 5.74) is -7.55. The molecule has 4 fully saturated rings. The van der Waals surface area contributed by atoms with Gasteiger partial charge in [0, 0.05) is 30.1 Å². The first-order valence-corrected chi connectivity index (χ1v) is 22.4. The number of Topliss-reactive ketones (excluding diaryl/α,β-unsaturated/α-hetero) is 1. The average molecular weight is 896 g/mol. The van der Waals surface area contributed by atoms with Gasteiger partial charge in [-0.15, -0.1) is 11.3 Å². The average Bonchev–Trinajstić information content (AvgIpc) is 3.97. The summed E-state index contributed by atoms with van der Waals surface area (Å²) in [6, 6.07) is 9.82. The molecule has 63 heavy (non-hydrogen) atoms. The van der Waals surface area contributed by atoms with Crippen molar-refractivity contribution in [3.8, 4) is 0 Å². The van der Waals surface area contributed by atoms with E-state index in [1.807, 2.05) is 0 Å².